The van der Waals surface area contributed by atoms with Crippen molar-refractivity contribution in [3.8, 4) is 0 Å². The van der Waals surface area contributed by atoms with Gasteiger partial charge in [-0.05, 0) is 35.4 Å². The SMILES string of the molecule is FC(F)(F)c1nc(N[C@H](c2ccccc2)c2ccncc2)c2ccccc2n1. The summed E-state index contributed by atoms with van der Waals surface area (Å²) in [6.07, 6.45) is -1.35. The van der Waals surface area contributed by atoms with Crippen molar-refractivity contribution in [2.75, 3.05) is 5.32 Å². The van der Waals surface area contributed by atoms with E-state index < -0.39 is 18.0 Å². The van der Waals surface area contributed by atoms with Crippen LogP contribution >= 0.6 is 0 Å². The summed E-state index contributed by atoms with van der Waals surface area (Å²) >= 11 is 0. The van der Waals surface area contributed by atoms with E-state index in [4.69, 9.17) is 0 Å². The van der Waals surface area contributed by atoms with Crippen LogP contribution in [0.5, 0.6) is 0 Å². The first-order valence-corrected chi connectivity index (χ1v) is 8.58. The lowest BCUT2D eigenvalue weighted by molar-refractivity contribution is -0.144. The third kappa shape index (κ3) is 3.64. The molecule has 4 nitrogen and oxygen atoms in total. The number of nitrogens with zero attached hydrogens (tertiary/aromatic N) is 3. The highest BCUT2D eigenvalue weighted by molar-refractivity contribution is 5.89. The molecule has 2 aromatic carbocycles. The second kappa shape index (κ2) is 7.26. The number of hydrogen-bond acceptors (Lipinski definition) is 4. The van der Waals surface area contributed by atoms with Crippen molar-refractivity contribution in [1.29, 1.82) is 0 Å². The van der Waals surface area contributed by atoms with Gasteiger partial charge in [-0.3, -0.25) is 4.98 Å². The molecule has 0 radical (unpaired) electrons. The van der Waals surface area contributed by atoms with Crippen LogP contribution in [0.25, 0.3) is 10.9 Å². The summed E-state index contributed by atoms with van der Waals surface area (Å²) in [6.45, 7) is 0. The van der Waals surface area contributed by atoms with Crippen LogP contribution in [0, 0.1) is 0 Å². The number of para-hydroxylation sites is 1. The molecule has 7 heteroatoms. The van der Waals surface area contributed by atoms with Crippen LogP contribution < -0.4 is 5.32 Å². The first-order valence-electron chi connectivity index (χ1n) is 8.58. The molecule has 4 rings (SSSR count). The molecule has 0 saturated heterocycles. The molecular formula is C21H15F3N4. The molecule has 2 heterocycles. The zero-order chi connectivity index (χ0) is 19.6. The average molecular weight is 380 g/mol. The third-order valence-corrected chi connectivity index (χ3v) is 4.31. The van der Waals surface area contributed by atoms with E-state index in [1.165, 1.54) is 0 Å². The van der Waals surface area contributed by atoms with Crippen molar-refractivity contribution in [3.05, 3.63) is 96.1 Å². The van der Waals surface area contributed by atoms with Gasteiger partial charge in [-0.25, -0.2) is 9.97 Å². The minimum absolute atomic E-state index is 0.128. The van der Waals surface area contributed by atoms with Crippen molar-refractivity contribution in [3.63, 3.8) is 0 Å². The van der Waals surface area contributed by atoms with Crippen LogP contribution in [0.3, 0.4) is 0 Å². The maximum absolute atomic E-state index is 13.3. The van der Waals surface area contributed by atoms with Gasteiger partial charge in [0.05, 0.1) is 11.6 Å². The number of pyridine rings is 1. The Morgan fingerprint density at radius 3 is 2.11 bits per heavy atom. The molecule has 0 saturated carbocycles. The van der Waals surface area contributed by atoms with E-state index in [0.717, 1.165) is 11.1 Å². The van der Waals surface area contributed by atoms with E-state index >= 15 is 0 Å². The number of rotatable bonds is 4. The maximum Gasteiger partial charge on any atom is 0.451 e. The van der Waals surface area contributed by atoms with Crippen LogP contribution in [0.4, 0.5) is 19.0 Å². The van der Waals surface area contributed by atoms with Crippen LogP contribution in [-0.4, -0.2) is 15.0 Å². The molecule has 0 aliphatic rings. The number of alkyl halides is 3. The molecule has 0 aliphatic carbocycles. The Labute approximate surface area is 159 Å². The van der Waals surface area contributed by atoms with Gasteiger partial charge in [0.15, 0.2) is 0 Å². The van der Waals surface area contributed by atoms with Crippen LogP contribution in [-0.2, 0) is 6.18 Å². The van der Waals surface area contributed by atoms with Crippen LogP contribution in [0.1, 0.15) is 23.0 Å². The van der Waals surface area contributed by atoms with Crippen LogP contribution in [0.2, 0.25) is 0 Å². The highest BCUT2D eigenvalue weighted by Gasteiger charge is 2.35. The first-order chi connectivity index (χ1) is 13.5. The average Bonchev–Trinajstić information content (AvgIpc) is 2.72. The Balaban J connectivity index is 1.86. The molecule has 0 bridgehead atoms. The standard InChI is InChI=1S/C21H15F3N4/c22-21(23,24)20-26-17-9-5-4-8-16(17)19(28-20)27-18(14-6-2-1-3-7-14)15-10-12-25-13-11-15/h1-13,18H,(H,26,27,28)/t18-/m1/s1. The predicted octanol–water partition coefficient (Wildman–Crippen LogP) is 5.25. The molecule has 28 heavy (non-hydrogen) atoms. The molecule has 0 spiro atoms. The van der Waals surface area contributed by atoms with Gasteiger partial charge in [0.25, 0.3) is 0 Å². The number of anilines is 1. The number of hydrogen-bond donors (Lipinski definition) is 1. The summed E-state index contributed by atoms with van der Waals surface area (Å²) in [5, 5.41) is 3.71. The highest BCUT2D eigenvalue weighted by atomic mass is 19.4. The van der Waals surface area contributed by atoms with Gasteiger partial charge in [0.1, 0.15) is 5.82 Å². The van der Waals surface area contributed by atoms with Gasteiger partial charge < -0.3 is 5.32 Å². The van der Waals surface area contributed by atoms with Gasteiger partial charge >= 0.3 is 6.18 Å². The molecule has 4 aromatic rings. The van der Waals surface area contributed by atoms with Crippen LogP contribution in [0.15, 0.2) is 79.1 Å². The van der Waals surface area contributed by atoms with E-state index in [-0.39, 0.29) is 11.3 Å². The van der Waals surface area contributed by atoms with Crippen molar-refractivity contribution in [2.45, 2.75) is 12.2 Å². The second-order valence-electron chi connectivity index (χ2n) is 6.18. The van der Waals surface area contributed by atoms with Crippen molar-refractivity contribution in [2.24, 2.45) is 0 Å². The molecule has 0 amide bonds. The van der Waals surface area contributed by atoms with Crippen molar-refractivity contribution in [1.82, 2.24) is 15.0 Å². The van der Waals surface area contributed by atoms with Crippen molar-refractivity contribution >= 4 is 16.7 Å². The lowest BCUT2D eigenvalue weighted by atomic mass is 9.99. The fourth-order valence-electron chi connectivity index (χ4n) is 3.01. The van der Waals surface area contributed by atoms with E-state index in [1.807, 2.05) is 42.5 Å². The number of aromatic nitrogens is 3. The number of benzene rings is 2. The molecule has 1 atom stereocenters. The Bertz CT molecular complexity index is 1040. The summed E-state index contributed by atoms with van der Waals surface area (Å²) in [6, 6.07) is 19.3. The molecule has 0 aliphatic heterocycles. The van der Waals surface area contributed by atoms with E-state index in [2.05, 4.69) is 20.3 Å². The number of halogens is 3. The fraction of sp³-hybridized carbons (Fsp3) is 0.0952. The molecule has 0 unspecified atom stereocenters. The van der Waals surface area contributed by atoms with Gasteiger partial charge in [-0.1, -0.05) is 42.5 Å². The Morgan fingerprint density at radius 1 is 0.750 bits per heavy atom. The Hall–Kier alpha value is -3.48. The molecule has 1 N–H and O–H groups in total. The summed E-state index contributed by atoms with van der Waals surface area (Å²) < 4.78 is 40.0. The summed E-state index contributed by atoms with van der Waals surface area (Å²) in [7, 11) is 0. The summed E-state index contributed by atoms with van der Waals surface area (Å²) in [5.41, 5.74) is 1.98. The summed E-state index contributed by atoms with van der Waals surface area (Å²) in [5.74, 6) is -1.04. The molecule has 2 aromatic heterocycles. The second-order valence-corrected chi connectivity index (χ2v) is 6.18. The summed E-state index contributed by atoms with van der Waals surface area (Å²) in [4.78, 5) is 11.5. The van der Waals surface area contributed by atoms with E-state index in [0.29, 0.717) is 5.39 Å². The van der Waals surface area contributed by atoms with Gasteiger partial charge in [-0.15, -0.1) is 0 Å². The predicted molar refractivity (Wildman–Crippen MR) is 101 cm³/mol. The minimum atomic E-state index is -4.64. The van der Waals surface area contributed by atoms with E-state index in [1.54, 1.807) is 36.7 Å². The van der Waals surface area contributed by atoms with Gasteiger partial charge in [0, 0.05) is 17.8 Å². The number of fused-ring (bicyclic) bond motifs is 1. The number of nitrogens with one attached hydrogen (secondary N) is 1. The minimum Gasteiger partial charge on any atom is -0.359 e. The normalized spacial score (nSPS) is 12.7. The first kappa shape index (κ1) is 17.9. The Kier molecular flexibility index (Phi) is 4.65. The molecule has 140 valence electrons. The lowest BCUT2D eigenvalue weighted by Gasteiger charge is -2.22. The smallest absolute Gasteiger partial charge is 0.359 e. The monoisotopic (exact) mass is 380 g/mol. The lowest BCUT2D eigenvalue weighted by Crippen LogP contribution is -2.17. The highest BCUT2D eigenvalue weighted by Crippen LogP contribution is 2.33. The molecular weight excluding hydrogens is 365 g/mol. The largest absolute Gasteiger partial charge is 0.451 e. The third-order valence-electron chi connectivity index (χ3n) is 4.31. The molecule has 0 fully saturated rings. The quantitative estimate of drug-likeness (QED) is 0.526. The Morgan fingerprint density at radius 2 is 1.39 bits per heavy atom. The maximum atomic E-state index is 13.3. The van der Waals surface area contributed by atoms with E-state index in [9.17, 15) is 13.2 Å². The van der Waals surface area contributed by atoms with Crippen molar-refractivity contribution < 1.29 is 13.2 Å². The fourth-order valence-corrected chi connectivity index (χ4v) is 3.01. The van der Waals surface area contributed by atoms with Gasteiger partial charge in [0.2, 0.25) is 5.82 Å². The van der Waals surface area contributed by atoms with Gasteiger partial charge in [-0.2, -0.15) is 13.2 Å². The topological polar surface area (TPSA) is 50.7 Å². The zero-order valence-corrected chi connectivity index (χ0v) is 14.6. The zero-order valence-electron chi connectivity index (χ0n) is 14.6.